The van der Waals surface area contributed by atoms with Crippen LogP contribution in [-0.2, 0) is 14.6 Å². The fourth-order valence-corrected chi connectivity index (χ4v) is 5.12. The molecule has 0 radical (unpaired) electrons. The number of sulfone groups is 1. The highest BCUT2D eigenvalue weighted by Gasteiger charge is 2.41. The fraction of sp³-hybridized carbons (Fsp3) is 0.471. The Labute approximate surface area is 142 Å². The molecule has 1 aliphatic carbocycles. The summed E-state index contributed by atoms with van der Waals surface area (Å²) in [7, 11) is -3.00. The number of rotatable bonds is 4. The molecule has 0 aromatic heterocycles. The molecule has 1 aromatic rings. The zero-order valence-corrected chi connectivity index (χ0v) is 14.6. The zero-order chi connectivity index (χ0) is 16.6. The van der Waals surface area contributed by atoms with Crippen molar-refractivity contribution in [2.75, 3.05) is 11.5 Å². The van der Waals surface area contributed by atoms with Crippen molar-refractivity contribution in [3.05, 3.63) is 40.9 Å². The molecule has 1 unspecified atom stereocenters. The first kappa shape index (κ1) is 16.5. The van der Waals surface area contributed by atoms with Crippen molar-refractivity contribution < 1.29 is 13.2 Å². The van der Waals surface area contributed by atoms with Crippen molar-refractivity contribution in [1.29, 1.82) is 0 Å². The lowest BCUT2D eigenvalue weighted by molar-refractivity contribution is -0.128. The third-order valence-corrected chi connectivity index (χ3v) is 6.52. The number of hydrogen-bond acceptors (Lipinski definition) is 3. The second-order valence-electron chi connectivity index (χ2n) is 6.34. The van der Waals surface area contributed by atoms with Gasteiger partial charge in [0.05, 0.1) is 11.5 Å². The molecule has 0 N–H and O–H groups in total. The van der Waals surface area contributed by atoms with E-state index in [1.807, 2.05) is 25.1 Å². The van der Waals surface area contributed by atoms with E-state index in [1.54, 1.807) is 17.0 Å². The first-order valence-electron chi connectivity index (χ1n) is 7.83. The molecule has 3 rings (SSSR count). The maximum absolute atomic E-state index is 12.7. The molecule has 124 valence electrons. The van der Waals surface area contributed by atoms with Gasteiger partial charge in [-0.3, -0.25) is 4.79 Å². The van der Waals surface area contributed by atoms with E-state index < -0.39 is 9.84 Å². The van der Waals surface area contributed by atoms with Gasteiger partial charge >= 0.3 is 0 Å². The van der Waals surface area contributed by atoms with Crippen LogP contribution < -0.4 is 0 Å². The number of hydrogen-bond donors (Lipinski definition) is 0. The fourth-order valence-electron chi connectivity index (χ4n) is 3.12. The molecular formula is C17H20ClNO3S. The average molecular weight is 354 g/mol. The van der Waals surface area contributed by atoms with Crippen LogP contribution in [0.5, 0.6) is 0 Å². The highest BCUT2D eigenvalue weighted by molar-refractivity contribution is 7.91. The Kier molecular flexibility index (Phi) is 4.52. The Morgan fingerprint density at radius 2 is 1.91 bits per heavy atom. The van der Waals surface area contributed by atoms with Crippen molar-refractivity contribution in [3.63, 3.8) is 0 Å². The summed E-state index contributed by atoms with van der Waals surface area (Å²) in [6.07, 6.45) is 4.05. The van der Waals surface area contributed by atoms with E-state index in [-0.39, 0.29) is 29.5 Å². The van der Waals surface area contributed by atoms with Gasteiger partial charge in [-0.15, -0.1) is 0 Å². The predicted octanol–water partition coefficient (Wildman–Crippen LogP) is 2.92. The third kappa shape index (κ3) is 3.78. The normalized spacial score (nSPS) is 23.7. The summed E-state index contributed by atoms with van der Waals surface area (Å²) in [6.45, 7) is 1.86. The van der Waals surface area contributed by atoms with Crippen molar-refractivity contribution in [2.45, 2.75) is 38.3 Å². The number of benzene rings is 1. The summed E-state index contributed by atoms with van der Waals surface area (Å²) in [5.41, 5.74) is 1.63. The van der Waals surface area contributed by atoms with E-state index in [9.17, 15) is 13.2 Å². The topological polar surface area (TPSA) is 54.5 Å². The number of carbonyl (C=O) groups is 1. The average Bonchev–Trinajstić information content (AvgIpc) is 3.23. The Balaban J connectivity index is 1.82. The lowest BCUT2D eigenvalue weighted by Gasteiger charge is -2.27. The minimum Gasteiger partial charge on any atom is -0.332 e. The maximum atomic E-state index is 12.7. The molecule has 1 aromatic carbocycles. The molecule has 1 aliphatic heterocycles. The lowest BCUT2D eigenvalue weighted by atomic mass is 10.1. The first-order chi connectivity index (χ1) is 10.9. The molecule has 0 bridgehead atoms. The Hall–Kier alpha value is -1.33. The zero-order valence-electron chi connectivity index (χ0n) is 13.0. The Morgan fingerprint density at radius 3 is 2.48 bits per heavy atom. The second-order valence-corrected chi connectivity index (χ2v) is 8.98. The van der Waals surface area contributed by atoms with Crippen molar-refractivity contribution in [2.24, 2.45) is 0 Å². The molecule has 6 heteroatoms. The van der Waals surface area contributed by atoms with Crippen LogP contribution >= 0.6 is 11.6 Å². The first-order valence-corrected chi connectivity index (χ1v) is 10.0. The van der Waals surface area contributed by atoms with Gasteiger partial charge in [0.1, 0.15) is 0 Å². The van der Waals surface area contributed by atoms with Gasteiger partial charge in [-0.05, 0) is 43.4 Å². The van der Waals surface area contributed by atoms with Crippen LogP contribution in [0.15, 0.2) is 30.3 Å². The van der Waals surface area contributed by atoms with Gasteiger partial charge < -0.3 is 4.90 Å². The van der Waals surface area contributed by atoms with Crippen molar-refractivity contribution in [1.82, 2.24) is 4.90 Å². The van der Waals surface area contributed by atoms with Crippen LogP contribution in [0.3, 0.4) is 0 Å². The Bertz CT molecular complexity index is 753. The summed E-state index contributed by atoms with van der Waals surface area (Å²) in [5.74, 6) is 0.169. The van der Waals surface area contributed by atoms with Gasteiger partial charge in [0, 0.05) is 23.2 Å². The molecule has 4 nitrogen and oxygen atoms in total. The Morgan fingerprint density at radius 1 is 1.22 bits per heavy atom. The minimum atomic E-state index is -3.00. The van der Waals surface area contributed by atoms with Gasteiger partial charge in [-0.25, -0.2) is 8.42 Å². The van der Waals surface area contributed by atoms with E-state index in [4.69, 9.17) is 11.6 Å². The van der Waals surface area contributed by atoms with E-state index in [0.29, 0.717) is 11.4 Å². The molecule has 1 saturated carbocycles. The van der Waals surface area contributed by atoms with Gasteiger partial charge in [-0.2, -0.15) is 0 Å². The van der Waals surface area contributed by atoms with E-state index in [1.165, 1.54) is 0 Å². The van der Waals surface area contributed by atoms with Gasteiger partial charge in [0.25, 0.3) is 0 Å². The highest BCUT2D eigenvalue weighted by Crippen LogP contribution is 2.33. The summed E-state index contributed by atoms with van der Waals surface area (Å²) >= 11 is 6.18. The van der Waals surface area contributed by atoms with Crippen LogP contribution in [0.1, 0.15) is 31.7 Å². The number of allylic oxidation sites excluding steroid dienone is 1. The third-order valence-electron chi connectivity index (χ3n) is 4.44. The van der Waals surface area contributed by atoms with Crippen molar-refractivity contribution in [3.8, 4) is 0 Å². The largest absolute Gasteiger partial charge is 0.332 e. The van der Waals surface area contributed by atoms with Gasteiger partial charge in [0.2, 0.25) is 5.91 Å². The maximum Gasteiger partial charge on any atom is 0.247 e. The molecule has 2 aliphatic rings. The van der Waals surface area contributed by atoms with Crippen LogP contribution in [0.25, 0.3) is 5.57 Å². The van der Waals surface area contributed by atoms with Gasteiger partial charge in [-0.1, -0.05) is 29.8 Å². The summed E-state index contributed by atoms with van der Waals surface area (Å²) in [6, 6.07) is 7.40. The van der Waals surface area contributed by atoms with Crippen LogP contribution in [0.2, 0.25) is 5.02 Å². The SMILES string of the molecule is C/C(=C/C(=O)N(C1CC1)C1CCS(=O)(=O)C1)c1ccccc1Cl. The van der Waals surface area contributed by atoms with E-state index in [0.717, 1.165) is 24.0 Å². The molecule has 23 heavy (non-hydrogen) atoms. The van der Waals surface area contributed by atoms with E-state index >= 15 is 0 Å². The monoisotopic (exact) mass is 353 g/mol. The predicted molar refractivity (Wildman–Crippen MR) is 92.0 cm³/mol. The van der Waals surface area contributed by atoms with E-state index in [2.05, 4.69) is 0 Å². The van der Waals surface area contributed by atoms with Crippen LogP contribution in [0.4, 0.5) is 0 Å². The highest BCUT2D eigenvalue weighted by atomic mass is 35.5. The molecule has 2 fully saturated rings. The number of nitrogens with zero attached hydrogens (tertiary/aromatic N) is 1. The van der Waals surface area contributed by atoms with Crippen LogP contribution in [-0.4, -0.2) is 42.8 Å². The minimum absolute atomic E-state index is 0.0915. The smallest absolute Gasteiger partial charge is 0.247 e. The summed E-state index contributed by atoms with van der Waals surface area (Å²) in [5, 5.41) is 0.607. The summed E-state index contributed by atoms with van der Waals surface area (Å²) in [4.78, 5) is 14.5. The molecular weight excluding hydrogens is 334 g/mol. The number of amides is 1. The second kappa shape index (κ2) is 6.29. The quantitative estimate of drug-likeness (QED) is 0.782. The molecule has 0 spiro atoms. The molecule has 1 amide bonds. The molecule has 1 heterocycles. The number of halogens is 1. The molecule has 1 atom stereocenters. The van der Waals surface area contributed by atoms with Gasteiger partial charge in [0.15, 0.2) is 9.84 Å². The standard InChI is InChI=1S/C17H20ClNO3S/c1-12(15-4-2-3-5-16(15)18)10-17(20)19(13-6-7-13)14-8-9-23(21,22)11-14/h2-5,10,13-14H,6-9,11H2,1H3/b12-10-. The van der Waals surface area contributed by atoms with Crippen molar-refractivity contribution >= 4 is 32.9 Å². The molecule has 1 saturated heterocycles. The number of carbonyl (C=O) groups excluding carboxylic acids is 1. The lowest BCUT2D eigenvalue weighted by Crippen LogP contribution is -2.42. The van der Waals surface area contributed by atoms with Crippen LogP contribution in [0, 0.1) is 0 Å². The summed E-state index contributed by atoms with van der Waals surface area (Å²) < 4.78 is 23.5.